The van der Waals surface area contributed by atoms with Gasteiger partial charge in [-0.15, -0.1) is 11.3 Å². The summed E-state index contributed by atoms with van der Waals surface area (Å²) in [5.74, 6) is -0.110. The number of carbonyl (C=O) groups is 1. The molecule has 0 bridgehead atoms. The van der Waals surface area contributed by atoms with E-state index in [0.717, 1.165) is 18.7 Å². The maximum Gasteiger partial charge on any atom is 0.251 e. The molecular formula is C14H17N3OS. The van der Waals surface area contributed by atoms with Crippen LogP contribution < -0.4 is 16.4 Å². The number of hydrogen-bond acceptors (Lipinski definition) is 4. The third-order valence-electron chi connectivity index (χ3n) is 2.81. The Labute approximate surface area is 116 Å². The lowest BCUT2D eigenvalue weighted by Gasteiger charge is -2.10. The molecule has 1 aromatic heterocycles. The van der Waals surface area contributed by atoms with Gasteiger partial charge in [0.2, 0.25) is 0 Å². The predicted molar refractivity (Wildman–Crippen MR) is 80.8 cm³/mol. The predicted octanol–water partition coefficient (Wildman–Crippen LogP) is 2.34. The minimum atomic E-state index is -0.110. The van der Waals surface area contributed by atoms with Crippen molar-refractivity contribution in [3.8, 4) is 0 Å². The van der Waals surface area contributed by atoms with Crippen molar-refractivity contribution >= 4 is 28.6 Å². The number of nitrogens with one attached hydrogen (secondary N) is 2. The van der Waals surface area contributed by atoms with E-state index in [1.54, 1.807) is 36.6 Å². The summed E-state index contributed by atoms with van der Waals surface area (Å²) in [5, 5.41) is 7.94. The molecule has 2 rings (SSSR count). The van der Waals surface area contributed by atoms with Gasteiger partial charge in [0.05, 0.1) is 11.4 Å². The monoisotopic (exact) mass is 275 g/mol. The Morgan fingerprint density at radius 1 is 1.37 bits per heavy atom. The van der Waals surface area contributed by atoms with Crippen LogP contribution in [-0.2, 0) is 6.42 Å². The summed E-state index contributed by atoms with van der Waals surface area (Å²) in [6.45, 7) is 0.794. The van der Waals surface area contributed by atoms with E-state index in [4.69, 9.17) is 5.73 Å². The van der Waals surface area contributed by atoms with Crippen LogP contribution in [0.25, 0.3) is 0 Å². The van der Waals surface area contributed by atoms with E-state index < -0.39 is 0 Å². The molecule has 0 saturated carbocycles. The van der Waals surface area contributed by atoms with E-state index in [9.17, 15) is 4.79 Å². The van der Waals surface area contributed by atoms with Crippen LogP contribution in [0.5, 0.6) is 0 Å². The van der Waals surface area contributed by atoms with Crippen molar-refractivity contribution in [2.24, 2.45) is 0 Å². The highest BCUT2D eigenvalue weighted by atomic mass is 32.1. The Balaban J connectivity index is 2.00. The van der Waals surface area contributed by atoms with Crippen LogP contribution in [0.2, 0.25) is 0 Å². The van der Waals surface area contributed by atoms with Crippen LogP contribution in [0.15, 0.2) is 35.7 Å². The molecule has 0 unspecified atom stereocenters. The summed E-state index contributed by atoms with van der Waals surface area (Å²) in [7, 11) is 1.61. The average molecular weight is 275 g/mol. The van der Waals surface area contributed by atoms with Crippen molar-refractivity contribution < 1.29 is 4.79 Å². The van der Waals surface area contributed by atoms with Gasteiger partial charge in [-0.1, -0.05) is 6.07 Å². The topological polar surface area (TPSA) is 67.2 Å². The quantitative estimate of drug-likeness (QED) is 0.734. The second kappa shape index (κ2) is 6.24. The van der Waals surface area contributed by atoms with Crippen molar-refractivity contribution in [1.82, 2.24) is 5.32 Å². The molecule has 4 N–H and O–H groups in total. The number of nitrogens with two attached hydrogens (primary N) is 1. The van der Waals surface area contributed by atoms with Gasteiger partial charge in [-0.3, -0.25) is 4.79 Å². The van der Waals surface area contributed by atoms with Crippen LogP contribution in [0.4, 0.5) is 11.4 Å². The lowest BCUT2D eigenvalue weighted by Crippen LogP contribution is -2.18. The molecule has 100 valence electrons. The highest BCUT2D eigenvalue weighted by Gasteiger charge is 2.06. The van der Waals surface area contributed by atoms with E-state index in [-0.39, 0.29) is 5.91 Å². The Bertz CT molecular complexity index is 552. The molecule has 1 heterocycles. The molecule has 0 aliphatic carbocycles. The molecule has 0 aliphatic rings. The smallest absolute Gasteiger partial charge is 0.251 e. The maximum atomic E-state index is 11.6. The van der Waals surface area contributed by atoms with Crippen molar-refractivity contribution in [3.05, 3.63) is 46.2 Å². The number of rotatable bonds is 5. The van der Waals surface area contributed by atoms with Crippen LogP contribution in [0.1, 0.15) is 15.2 Å². The van der Waals surface area contributed by atoms with Gasteiger partial charge in [0.15, 0.2) is 0 Å². The molecule has 0 spiro atoms. The number of anilines is 2. The summed E-state index contributed by atoms with van der Waals surface area (Å²) in [6.07, 6.45) is 0.946. The van der Waals surface area contributed by atoms with Gasteiger partial charge in [0.1, 0.15) is 0 Å². The van der Waals surface area contributed by atoms with Crippen molar-refractivity contribution in [3.63, 3.8) is 0 Å². The second-order valence-electron chi connectivity index (χ2n) is 4.14. The molecular weight excluding hydrogens is 258 g/mol. The number of carbonyl (C=O) groups excluding carboxylic acids is 1. The fourth-order valence-electron chi connectivity index (χ4n) is 1.77. The number of thiophene rings is 1. The van der Waals surface area contributed by atoms with Gasteiger partial charge in [-0.2, -0.15) is 0 Å². The Hall–Kier alpha value is -2.01. The molecule has 2 aromatic rings. The summed E-state index contributed by atoms with van der Waals surface area (Å²) >= 11 is 1.74. The molecule has 5 heteroatoms. The number of amides is 1. The first-order valence-electron chi connectivity index (χ1n) is 6.08. The molecule has 0 saturated heterocycles. The molecule has 1 amide bonds. The first-order chi connectivity index (χ1) is 9.20. The van der Waals surface area contributed by atoms with E-state index in [2.05, 4.69) is 22.1 Å². The van der Waals surface area contributed by atoms with Crippen molar-refractivity contribution in [2.45, 2.75) is 6.42 Å². The lowest BCUT2D eigenvalue weighted by molar-refractivity contribution is 0.0963. The highest BCUT2D eigenvalue weighted by Crippen LogP contribution is 2.20. The molecule has 4 nitrogen and oxygen atoms in total. The highest BCUT2D eigenvalue weighted by molar-refractivity contribution is 7.09. The van der Waals surface area contributed by atoms with Crippen LogP contribution in [0, 0.1) is 0 Å². The Morgan fingerprint density at radius 2 is 2.21 bits per heavy atom. The number of nitrogen functional groups attached to an aromatic ring is 1. The van der Waals surface area contributed by atoms with E-state index in [1.807, 2.05) is 6.07 Å². The minimum Gasteiger partial charge on any atom is -0.397 e. The zero-order valence-electron chi connectivity index (χ0n) is 10.8. The van der Waals surface area contributed by atoms with Crippen LogP contribution >= 0.6 is 11.3 Å². The van der Waals surface area contributed by atoms with Crippen molar-refractivity contribution in [2.75, 3.05) is 24.6 Å². The van der Waals surface area contributed by atoms with Crippen LogP contribution in [0.3, 0.4) is 0 Å². The Morgan fingerprint density at radius 3 is 2.89 bits per heavy atom. The normalized spacial score (nSPS) is 10.2. The van der Waals surface area contributed by atoms with Gasteiger partial charge in [-0.25, -0.2) is 0 Å². The average Bonchev–Trinajstić information content (AvgIpc) is 2.93. The lowest BCUT2D eigenvalue weighted by atomic mass is 10.1. The molecule has 0 atom stereocenters. The largest absolute Gasteiger partial charge is 0.397 e. The van der Waals surface area contributed by atoms with Crippen LogP contribution in [-0.4, -0.2) is 19.5 Å². The zero-order valence-corrected chi connectivity index (χ0v) is 11.6. The summed E-state index contributed by atoms with van der Waals surface area (Å²) < 4.78 is 0. The van der Waals surface area contributed by atoms with Gasteiger partial charge in [-0.05, 0) is 36.1 Å². The maximum absolute atomic E-state index is 11.6. The first kappa shape index (κ1) is 13.4. The van der Waals surface area contributed by atoms with Gasteiger partial charge >= 0.3 is 0 Å². The Kier molecular flexibility index (Phi) is 4.41. The first-order valence-corrected chi connectivity index (χ1v) is 6.96. The zero-order chi connectivity index (χ0) is 13.7. The van der Waals surface area contributed by atoms with Gasteiger partial charge < -0.3 is 16.4 Å². The molecule has 1 aromatic carbocycles. The summed E-state index contributed by atoms with van der Waals surface area (Å²) in [5.41, 5.74) is 7.96. The van der Waals surface area contributed by atoms with E-state index in [0.29, 0.717) is 11.3 Å². The molecule has 19 heavy (non-hydrogen) atoms. The van der Waals surface area contributed by atoms with Gasteiger partial charge in [0, 0.05) is 24.0 Å². The summed E-state index contributed by atoms with van der Waals surface area (Å²) in [6, 6.07) is 9.40. The molecule has 0 fully saturated rings. The number of benzene rings is 1. The van der Waals surface area contributed by atoms with E-state index >= 15 is 0 Å². The fourth-order valence-corrected chi connectivity index (χ4v) is 2.48. The molecule has 0 radical (unpaired) electrons. The van der Waals surface area contributed by atoms with Gasteiger partial charge in [0.25, 0.3) is 5.91 Å². The summed E-state index contributed by atoms with van der Waals surface area (Å²) in [4.78, 5) is 12.9. The number of hydrogen-bond donors (Lipinski definition) is 3. The van der Waals surface area contributed by atoms with Crippen molar-refractivity contribution in [1.29, 1.82) is 0 Å². The van der Waals surface area contributed by atoms with E-state index in [1.165, 1.54) is 4.88 Å². The third kappa shape index (κ3) is 3.48. The second-order valence-corrected chi connectivity index (χ2v) is 5.17. The fraction of sp³-hybridized carbons (Fsp3) is 0.214. The molecule has 0 aliphatic heterocycles. The SMILES string of the molecule is CNC(=O)c1ccc(N)c(NCCc2cccs2)c1. The third-order valence-corrected chi connectivity index (χ3v) is 3.75. The minimum absolute atomic E-state index is 0.110. The standard InChI is InChI=1S/C14H17N3OS/c1-16-14(18)10-4-5-12(15)13(9-10)17-7-6-11-3-2-8-19-11/h2-5,8-9,17H,6-7,15H2,1H3,(H,16,18).